The molecular weight excluding hydrogens is 222 g/mol. The number of nitrogens with one attached hydrogen (secondary N) is 3. The van der Waals surface area contributed by atoms with E-state index in [1.54, 1.807) is 0 Å². The lowest BCUT2D eigenvalue weighted by molar-refractivity contribution is 0.387. The van der Waals surface area contributed by atoms with Crippen molar-refractivity contribution in [3.8, 4) is 0 Å². The summed E-state index contributed by atoms with van der Waals surface area (Å²) in [6, 6.07) is 8.85. The molecule has 0 aromatic heterocycles. The van der Waals surface area contributed by atoms with E-state index in [2.05, 4.69) is 67.9 Å². The molecule has 0 saturated heterocycles. The fraction of sp³-hybridized carbons (Fsp3) is 0.600. The fourth-order valence-electron chi connectivity index (χ4n) is 1.73. The van der Waals surface area contributed by atoms with Gasteiger partial charge in [0.15, 0.2) is 0 Å². The van der Waals surface area contributed by atoms with Crippen LogP contribution in [0.3, 0.4) is 0 Å². The molecule has 0 amide bonds. The lowest BCUT2D eigenvalue weighted by atomic mass is 10.1. The van der Waals surface area contributed by atoms with Crippen molar-refractivity contribution in [1.29, 1.82) is 0 Å². The molecule has 0 radical (unpaired) electrons. The second kappa shape index (κ2) is 6.76. The summed E-state index contributed by atoms with van der Waals surface area (Å²) in [7, 11) is 1.96. The Morgan fingerprint density at radius 3 is 2.44 bits per heavy atom. The highest BCUT2D eigenvalue weighted by atomic mass is 15.0. The standard InChI is InChI=1S/C15H27N3/c1-12(10-18-15(2,3)4)17-11-13-8-6-7-9-14(13)16-5/h6-9,12,16-18H,10-11H2,1-5H3. The van der Waals surface area contributed by atoms with E-state index in [1.165, 1.54) is 11.3 Å². The van der Waals surface area contributed by atoms with E-state index in [0.29, 0.717) is 6.04 Å². The van der Waals surface area contributed by atoms with Crippen molar-refractivity contribution < 1.29 is 0 Å². The lowest BCUT2D eigenvalue weighted by Crippen LogP contribution is -2.44. The molecule has 1 atom stereocenters. The molecule has 1 aromatic carbocycles. The van der Waals surface area contributed by atoms with Gasteiger partial charge in [0.05, 0.1) is 0 Å². The molecule has 3 nitrogen and oxygen atoms in total. The molecule has 1 unspecified atom stereocenters. The zero-order valence-electron chi connectivity index (χ0n) is 12.3. The Balaban J connectivity index is 2.40. The first-order valence-corrected chi connectivity index (χ1v) is 6.66. The molecule has 102 valence electrons. The predicted molar refractivity (Wildman–Crippen MR) is 80.0 cm³/mol. The van der Waals surface area contributed by atoms with E-state index >= 15 is 0 Å². The van der Waals surface area contributed by atoms with Gasteiger partial charge in [-0.15, -0.1) is 0 Å². The van der Waals surface area contributed by atoms with Crippen molar-refractivity contribution in [2.24, 2.45) is 0 Å². The average Bonchev–Trinajstić information content (AvgIpc) is 2.33. The Hall–Kier alpha value is -1.06. The second-order valence-electron chi connectivity index (χ2n) is 5.82. The van der Waals surface area contributed by atoms with Gasteiger partial charge in [0.25, 0.3) is 0 Å². The smallest absolute Gasteiger partial charge is 0.0383 e. The first-order chi connectivity index (χ1) is 8.42. The van der Waals surface area contributed by atoms with Gasteiger partial charge >= 0.3 is 0 Å². The number of hydrogen-bond acceptors (Lipinski definition) is 3. The molecule has 3 N–H and O–H groups in total. The first kappa shape index (κ1) is 15.0. The van der Waals surface area contributed by atoms with Crippen LogP contribution in [0.1, 0.15) is 33.3 Å². The third-order valence-electron chi connectivity index (χ3n) is 2.87. The molecule has 1 aromatic rings. The third kappa shape index (κ3) is 5.52. The van der Waals surface area contributed by atoms with Gasteiger partial charge in [0, 0.05) is 37.4 Å². The minimum absolute atomic E-state index is 0.179. The molecule has 0 aliphatic heterocycles. The summed E-state index contributed by atoms with van der Waals surface area (Å²) in [5.41, 5.74) is 2.68. The quantitative estimate of drug-likeness (QED) is 0.725. The summed E-state index contributed by atoms with van der Waals surface area (Å²) in [6.45, 7) is 10.7. The second-order valence-corrected chi connectivity index (χ2v) is 5.82. The summed E-state index contributed by atoms with van der Waals surface area (Å²) in [5.74, 6) is 0. The van der Waals surface area contributed by atoms with Gasteiger partial charge in [-0.1, -0.05) is 18.2 Å². The minimum Gasteiger partial charge on any atom is -0.388 e. The van der Waals surface area contributed by atoms with Crippen LogP contribution < -0.4 is 16.0 Å². The molecular formula is C15H27N3. The topological polar surface area (TPSA) is 36.1 Å². The van der Waals surface area contributed by atoms with Crippen LogP contribution in [0.2, 0.25) is 0 Å². The van der Waals surface area contributed by atoms with Gasteiger partial charge < -0.3 is 16.0 Å². The maximum atomic E-state index is 3.54. The minimum atomic E-state index is 0.179. The van der Waals surface area contributed by atoms with Crippen LogP contribution in [-0.4, -0.2) is 25.2 Å². The van der Waals surface area contributed by atoms with Gasteiger partial charge in [-0.2, -0.15) is 0 Å². The van der Waals surface area contributed by atoms with E-state index < -0.39 is 0 Å². The van der Waals surface area contributed by atoms with Crippen LogP contribution in [0.4, 0.5) is 5.69 Å². The van der Waals surface area contributed by atoms with E-state index in [0.717, 1.165) is 13.1 Å². The molecule has 1 rings (SSSR count). The normalized spacial score (nSPS) is 13.4. The number of benzene rings is 1. The first-order valence-electron chi connectivity index (χ1n) is 6.66. The molecule has 0 bridgehead atoms. The van der Waals surface area contributed by atoms with Crippen LogP contribution in [0.15, 0.2) is 24.3 Å². The van der Waals surface area contributed by atoms with Crippen LogP contribution in [0.5, 0.6) is 0 Å². The monoisotopic (exact) mass is 249 g/mol. The molecule has 0 spiro atoms. The number of para-hydroxylation sites is 1. The zero-order valence-corrected chi connectivity index (χ0v) is 12.3. The Morgan fingerprint density at radius 1 is 1.17 bits per heavy atom. The Labute approximate surface area is 111 Å². The van der Waals surface area contributed by atoms with Crippen LogP contribution >= 0.6 is 0 Å². The van der Waals surface area contributed by atoms with Crippen LogP contribution in [-0.2, 0) is 6.54 Å². The Morgan fingerprint density at radius 2 is 1.83 bits per heavy atom. The van der Waals surface area contributed by atoms with Crippen molar-refractivity contribution in [1.82, 2.24) is 10.6 Å². The highest BCUT2D eigenvalue weighted by molar-refractivity contribution is 5.50. The van der Waals surface area contributed by atoms with Gasteiger partial charge in [-0.05, 0) is 39.3 Å². The third-order valence-corrected chi connectivity index (χ3v) is 2.87. The number of rotatable bonds is 6. The maximum absolute atomic E-state index is 3.54. The predicted octanol–water partition coefficient (Wildman–Crippen LogP) is 2.59. The van der Waals surface area contributed by atoms with E-state index in [4.69, 9.17) is 0 Å². The van der Waals surface area contributed by atoms with Crippen LogP contribution in [0.25, 0.3) is 0 Å². The van der Waals surface area contributed by atoms with Crippen molar-refractivity contribution in [2.75, 3.05) is 18.9 Å². The summed E-state index contributed by atoms with van der Waals surface area (Å²) in [6.07, 6.45) is 0. The van der Waals surface area contributed by atoms with Crippen molar-refractivity contribution >= 4 is 5.69 Å². The molecule has 18 heavy (non-hydrogen) atoms. The number of anilines is 1. The average molecular weight is 249 g/mol. The highest BCUT2D eigenvalue weighted by Crippen LogP contribution is 2.13. The van der Waals surface area contributed by atoms with Crippen molar-refractivity contribution in [3.05, 3.63) is 29.8 Å². The summed E-state index contributed by atoms with van der Waals surface area (Å²) >= 11 is 0. The van der Waals surface area contributed by atoms with E-state index in [1.807, 2.05) is 7.05 Å². The van der Waals surface area contributed by atoms with E-state index in [-0.39, 0.29) is 5.54 Å². The lowest BCUT2D eigenvalue weighted by Gasteiger charge is -2.24. The van der Waals surface area contributed by atoms with E-state index in [9.17, 15) is 0 Å². The SMILES string of the molecule is CNc1ccccc1CNC(C)CNC(C)(C)C. The zero-order chi connectivity index (χ0) is 13.6. The molecule has 3 heteroatoms. The van der Waals surface area contributed by atoms with Crippen molar-refractivity contribution in [2.45, 2.75) is 45.8 Å². The molecule has 0 saturated carbocycles. The largest absolute Gasteiger partial charge is 0.388 e. The molecule has 0 heterocycles. The molecule has 0 fully saturated rings. The van der Waals surface area contributed by atoms with Crippen molar-refractivity contribution in [3.63, 3.8) is 0 Å². The highest BCUT2D eigenvalue weighted by Gasteiger charge is 2.10. The van der Waals surface area contributed by atoms with Crippen LogP contribution in [0, 0.1) is 0 Å². The summed E-state index contributed by atoms with van der Waals surface area (Å²) in [4.78, 5) is 0. The van der Waals surface area contributed by atoms with Gasteiger partial charge in [-0.3, -0.25) is 0 Å². The number of hydrogen-bond donors (Lipinski definition) is 3. The summed E-state index contributed by atoms with van der Waals surface area (Å²) < 4.78 is 0. The molecule has 0 aliphatic carbocycles. The Bertz CT molecular complexity index is 355. The fourth-order valence-corrected chi connectivity index (χ4v) is 1.73. The molecule has 0 aliphatic rings. The van der Waals surface area contributed by atoms with Gasteiger partial charge in [-0.25, -0.2) is 0 Å². The Kier molecular flexibility index (Phi) is 5.63. The summed E-state index contributed by atoms with van der Waals surface area (Å²) in [5, 5.41) is 10.3. The van der Waals surface area contributed by atoms with Gasteiger partial charge in [0.1, 0.15) is 0 Å². The van der Waals surface area contributed by atoms with Gasteiger partial charge in [0.2, 0.25) is 0 Å². The maximum Gasteiger partial charge on any atom is 0.0383 e.